The van der Waals surface area contributed by atoms with Crippen molar-refractivity contribution in [2.45, 2.75) is 50.5 Å². The standard InChI is InChI=1S/C30H40N3O5/c1-33(2,20-12-22-37-26-18-11-10-17-25(26)28(34)36-3)21-19-27-31-32-29(38-27)30(35,23-13-6-4-7-14-23)24-15-8-5-9-16-24/h4,6-7,10-11,13-14,17-18,24,35H,5,8-9,12,15-16,19-22H2,1-3H3/q+1. The zero-order valence-electron chi connectivity index (χ0n) is 22.8. The van der Waals surface area contributed by atoms with Gasteiger partial charge in [-0.05, 0) is 30.5 Å². The van der Waals surface area contributed by atoms with Crippen LogP contribution in [0, 0.1) is 5.92 Å². The van der Waals surface area contributed by atoms with Crippen molar-refractivity contribution in [1.82, 2.24) is 10.2 Å². The molecule has 3 aromatic rings. The Labute approximate surface area is 225 Å². The SMILES string of the molecule is COC(=O)c1ccccc1OCCC[N+](C)(C)CCc1nnc(C(O)(c2ccccc2)C2CCCCC2)o1. The van der Waals surface area contributed by atoms with Crippen LogP contribution in [-0.2, 0) is 16.8 Å². The fourth-order valence-corrected chi connectivity index (χ4v) is 5.31. The number of carbonyl (C=O) groups excluding carboxylic acids is 1. The molecule has 1 N–H and O–H groups in total. The van der Waals surface area contributed by atoms with Crippen molar-refractivity contribution in [3.05, 3.63) is 77.5 Å². The second-order valence-electron chi connectivity index (χ2n) is 10.8. The molecule has 1 atom stereocenters. The van der Waals surface area contributed by atoms with E-state index in [0.717, 1.165) is 55.2 Å². The predicted octanol–water partition coefficient (Wildman–Crippen LogP) is 4.76. The highest BCUT2D eigenvalue weighted by Crippen LogP contribution is 2.43. The summed E-state index contributed by atoms with van der Waals surface area (Å²) in [6, 6.07) is 16.8. The molecule has 1 aliphatic carbocycles. The Morgan fingerprint density at radius 1 is 1.03 bits per heavy atom. The number of aliphatic hydroxyl groups is 1. The van der Waals surface area contributed by atoms with Crippen LogP contribution in [0.15, 0.2) is 59.0 Å². The number of hydrogen-bond donors (Lipinski definition) is 1. The molecule has 4 rings (SSSR count). The fraction of sp³-hybridized carbons (Fsp3) is 0.500. The molecule has 1 unspecified atom stereocenters. The van der Waals surface area contributed by atoms with Gasteiger partial charge in [-0.15, -0.1) is 10.2 Å². The molecule has 1 aliphatic rings. The lowest BCUT2D eigenvalue weighted by Gasteiger charge is -2.36. The molecule has 1 aromatic heterocycles. The number of hydrogen-bond acceptors (Lipinski definition) is 7. The van der Waals surface area contributed by atoms with E-state index < -0.39 is 11.6 Å². The summed E-state index contributed by atoms with van der Waals surface area (Å²) in [4.78, 5) is 11.9. The topological polar surface area (TPSA) is 94.7 Å². The second kappa shape index (κ2) is 12.5. The van der Waals surface area contributed by atoms with Gasteiger partial charge in [0.15, 0.2) is 5.60 Å². The van der Waals surface area contributed by atoms with Crippen LogP contribution in [0.4, 0.5) is 0 Å². The number of ether oxygens (including phenoxy) is 2. The van der Waals surface area contributed by atoms with Gasteiger partial charge in [-0.2, -0.15) is 0 Å². The average Bonchev–Trinajstić information content (AvgIpc) is 3.44. The fourth-order valence-electron chi connectivity index (χ4n) is 5.31. The summed E-state index contributed by atoms with van der Waals surface area (Å²) >= 11 is 0. The lowest BCUT2D eigenvalue weighted by Crippen LogP contribution is -2.42. The van der Waals surface area contributed by atoms with Gasteiger partial charge in [0, 0.05) is 12.3 Å². The lowest BCUT2D eigenvalue weighted by molar-refractivity contribution is -0.890. The van der Waals surface area contributed by atoms with Gasteiger partial charge in [0.05, 0.1) is 47.3 Å². The van der Waals surface area contributed by atoms with Gasteiger partial charge in [-0.3, -0.25) is 0 Å². The molecule has 1 fully saturated rings. The average molecular weight is 523 g/mol. The molecule has 0 radical (unpaired) electrons. The third kappa shape index (κ3) is 6.60. The summed E-state index contributed by atoms with van der Waals surface area (Å²) in [6.45, 7) is 2.16. The third-order valence-electron chi connectivity index (χ3n) is 7.59. The Bertz CT molecular complexity index is 1170. The van der Waals surface area contributed by atoms with Gasteiger partial charge in [-0.1, -0.05) is 61.7 Å². The van der Waals surface area contributed by atoms with Crippen molar-refractivity contribution >= 4 is 5.97 Å². The largest absolute Gasteiger partial charge is 0.492 e. The number of likely N-dealkylation sites (N-methyl/N-ethyl adjacent to an activating group) is 1. The Kier molecular flexibility index (Phi) is 9.17. The number of benzene rings is 2. The van der Waals surface area contributed by atoms with Crippen LogP contribution in [-0.4, -0.2) is 66.7 Å². The molecule has 0 saturated heterocycles. The van der Waals surface area contributed by atoms with Crippen molar-refractivity contribution < 1.29 is 28.3 Å². The molecule has 0 amide bonds. The highest BCUT2D eigenvalue weighted by molar-refractivity contribution is 5.92. The van der Waals surface area contributed by atoms with Gasteiger partial charge in [-0.25, -0.2) is 4.79 Å². The Morgan fingerprint density at radius 3 is 2.47 bits per heavy atom. The van der Waals surface area contributed by atoms with E-state index in [-0.39, 0.29) is 5.92 Å². The molecule has 0 spiro atoms. The number of methoxy groups -OCH3 is 1. The number of quaternary nitrogens is 1. The number of nitrogens with zero attached hydrogens (tertiary/aromatic N) is 3. The first-order chi connectivity index (χ1) is 18.3. The summed E-state index contributed by atoms with van der Waals surface area (Å²) in [7, 11) is 5.67. The molecule has 2 aromatic carbocycles. The summed E-state index contributed by atoms with van der Waals surface area (Å²) in [5.74, 6) is 1.03. The van der Waals surface area contributed by atoms with Crippen molar-refractivity contribution in [2.75, 3.05) is 40.9 Å². The van der Waals surface area contributed by atoms with Crippen LogP contribution in [0.2, 0.25) is 0 Å². The highest BCUT2D eigenvalue weighted by atomic mass is 16.5. The summed E-state index contributed by atoms with van der Waals surface area (Å²) < 4.78 is 17.6. The van der Waals surface area contributed by atoms with Gasteiger partial charge >= 0.3 is 5.97 Å². The maximum atomic E-state index is 12.0. The van der Waals surface area contributed by atoms with E-state index in [1.54, 1.807) is 18.2 Å². The first kappa shape index (κ1) is 27.8. The van der Waals surface area contributed by atoms with E-state index in [1.165, 1.54) is 13.5 Å². The minimum absolute atomic E-state index is 0.0588. The van der Waals surface area contributed by atoms with Crippen LogP contribution >= 0.6 is 0 Å². The monoisotopic (exact) mass is 522 g/mol. The van der Waals surface area contributed by atoms with Gasteiger partial charge < -0.3 is 23.5 Å². The first-order valence-electron chi connectivity index (χ1n) is 13.6. The van der Waals surface area contributed by atoms with Crippen LogP contribution < -0.4 is 4.74 Å². The third-order valence-corrected chi connectivity index (χ3v) is 7.59. The van der Waals surface area contributed by atoms with Gasteiger partial charge in [0.25, 0.3) is 5.89 Å². The van der Waals surface area contributed by atoms with E-state index in [2.05, 4.69) is 24.3 Å². The minimum Gasteiger partial charge on any atom is -0.492 e. The predicted molar refractivity (Wildman–Crippen MR) is 144 cm³/mol. The van der Waals surface area contributed by atoms with E-state index in [9.17, 15) is 9.90 Å². The molecule has 1 saturated carbocycles. The van der Waals surface area contributed by atoms with Crippen LogP contribution in [0.25, 0.3) is 0 Å². The Hall–Kier alpha value is -3.23. The second-order valence-corrected chi connectivity index (χ2v) is 10.8. The van der Waals surface area contributed by atoms with E-state index in [4.69, 9.17) is 13.9 Å². The number of aromatic nitrogens is 2. The van der Waals surface area contributed by atoms with E-state index in [0.29, 0.717) is 36.1 Å². The molecule has 204 valence electrons. The molecular formula is C30H40N3O5+. The number of esters is 1. The number of para-hydroxylation sites is 1. The zero-order valence-corrected chi connectivity index (χ0v) is 22.8. The first-order valence-corrected chi connectivity index (χ1v) is 13.6. The summed E-state index contributed by atoms with van der Waals surface area (Å²) in [5, 5.41) is 20.7. The van der Waals surface area contributed by atoms with Crippen LogP contribution in [0.5, 0.6) is 5.75 Å². The highest BCUT2D eigenvalue weighted by Gasteiger charge is 2.45. The molecule has 0 aliphatic heterocycles. The Balaban J connectivity index is 1.34. The van der Waals surface area contributed by atoms with Crippen molar-refractivity contribution in [3.63, 3.8) is 0 Å². The normalized spacial score (nSPS) is 16.1. The smallest absolute Gasteiger partial charge is 0.341 e. The Morgan fingerprint density at radius 2 is 1.74 bits per heavy atom. The summed E-state index contributed by atoms with van der Waals surface area (Å²) in [6.07, 6.45) is 6.72. The minimum atomic E-state index is -1.27. The molecule has 0 bridgehead atoms. The summed E-state index contributed by atoms with van der Waals surface area (Å²) in [5.41, 5.74) is -0.0265. The maximum Gasteiger partial charge on any atom is 0.341 e. The molecule has 38 heavy (non-hydrogen) atoms. The molecule has 1 heterocycles. The molecule has 8 nitrogen and oxygen atoms in total. The van der Waals surface area contributed by atoms with Crippen LogP contribution in [0.1, 0.15) is 66.2 Å². The van der Waals surface area contributed by atoms with Crippen molar-refractivity contribution in [2.24, 2.45) is 5.92 Å². The van der Waals surface area contributed by atoms with Crippen molar-refractivity contribution in [1.29, 1.82) is 0 Å². The van der Waals surface area contributed by atoms with Crippen LogP contribution in [0.3, 0.4) is 0 Å². The maximum absolute atomic E-state index is 12.0. The van der Waals surface area contributed by atoms with E-state index >= 15 is 0 Å². The quantitative estimate of drug-likeness (QED) is 0.208. The lowest BCUT2D eigenvalue weighted by atomic mass is 9.73. The van der Waals surface area contributed by atoms with Gasteiger partial charge in [0.2, 0.25) is 5.89 Å². The van der Waals surface area contributed by atoms with Crippen molar-refractivity contribution in [3.8, 4) is 5.75 Å². The molecular weight excluding hydrogens is 482 g/mol. The number of rotatable bonds is 12. The van der Waals surface area contributed by atoms with E-state index in [1.807, 2.05) is 36.4 Å². The number of carbonyl (C=O) groups is 1. The van der Waals surface area contributed by atoms with Gasteiger partial charge in [0.1, 0.15) is 11.3 Å². The zero-order chi connectivity index (χ0) is 27.0. The molecule has 8 heteroatoms.